The molecule has 3 aliphatic rings. The predicted molar refractivity (Wildman–Crippen MR) is 75.9 cm³/mol. The van der Waals surface area contributed by atoms with Gasteiger partial charge in [-0.25, -0.2) is 0 Å². The van der Waals surface area contributed by atoms with Gasteiger partial charge in [-0.3, -0.25) is 4.79 Å². The van der Waals surface area contributed by atoms with Gasteiger partial charge in [-0.1, -0.05) is 30.3 Å². The Labute approximate surface area is 120 Å². The average Bonchev–Trinajstić information content (AvgIpc) is 2.55. The van der Waals surface area contributed by atoms with E-state index in [1.54, 1.807) is 0 Å². The second-order valence-corrected chi connectivity index (χ2v) is 6.50. The van der Waals surface area contributed by atoms with Gasteiger partial charge in [0.15, 0.2) is 0 Å². The third-order valence-corrected chi connectivity index (χ3v) is 5.38. The third kappa shape index (κ3) is 2.35. The van der Waals surface area contributed by atoms with Gasteiger partial charge in [0.2, 0.25) is 0 Å². The van der Waals surface area contributed by atoms with Gasteiger partial charge in [-0.2, -0.15) is 0 Å². The summed E-state index contributed by atoms with van der Waals surface area (Å²) in [7, 11) is 0. The zero-order chi connectivity index (χ0) is 14.1. The van der Waals surface area contributed by atoms with Crippen molar-refractivity contribution in [2.45, 2.75) is 45.1 Å². The van der Waals surface area contributed by atoms with Gasteiger partial charge in [0.05, 0.1) is 5.41 Å². The van der Waals surface area contributed by atoms with Crippen LogP contribution >= 0.6 is 0 Å². The number of benzene rings is 1. The SMILES string of the molecule is O=C(OCc1ccccc1)C12CCC(CO)(CC1)CC2. The van der Waals surface area contributed by atoms with E-state index in [2.05, 4.69) is 0 Å². The van der Waals surface area contributed by atoms with Crippen LogP contribution in [0, 0.1) is 10.8 Å². The maximum atomic E-state index is 12.5. The highest BCUT2D eigenvalue weighted by Crippen LogP contribution is 2.57. The summed E-state index contributed by atoms with van der Waals surface area (Å²) < 4.78 is 5.55. The van der Waals surface area contributed by atoms with Crippen LogP contribution in [0.1, 0.15) is 44.1 Å². The molecule has 0 radical (unpaired) electrons. The van der Waals surface area contributed by atoms with Crippen molar-refractivity contribution in [2.75, 3.05) is 6.61 Å². The fraction of sp³-hybridized carbons (Fsp3) is 0.588. The normalized spacial score (nSPS) is 32.0. The van der Waals surface area contributed by atoms with Crippen molar-refractivity contribution in [3.8, 4) is 0 Å². The second-order valence-electron chi connectivity index (χ2n) is 6.50. The molecule has 1 N–H and O–H groups in total. The summed E-state index contributed by atoms with van der Waals surface area (Å²) in [5, 5.41) is 9.52. The molecule has 20 heavy (non-hydrogen) atoms. The summed E-state index contributed by atoms with van der Waals surface area (Å²) in [6.45, 7) is 0.634. The van der Waals surface area contributed by atoms with Gasteiger partial charge in [-0.15, -0.1) is 0 Å². The Balaban J connectivity index is 1.61. The highest BCUT2D eigenvalue weighted by molar-refractivity contribution is 5.77. The van der Waals surface area contributed by atoms with Crippen LogP contribution in [-0.4, -0.2) is 17.7 Å². The van der Waals surface area contributed by atoms with Crippen molar-refractivity contribution in [3.63, 3.8) is 0 Å². The fourth-order valence-electron chi connectivity index (χ4n) is 3.68. The maximum absolute atomic E-state index is 12.5. The number of carbonyl (C=O) groups is 1. The van der Waals surface area contributed by atoms with E-state index in [0.29, 0.717) is 6.61 Å². The van der Waals surface area contributed by atoms with Crippen LogP contribution in [0.25, 0.3) is 0 Å². The molecule has 4 rings (SSSR count). The molecule has 0 spiro atoms. The van der Waals surface area contributed by atoms with Gasteiger partial charge in [-0.05, 0) is 49.5 Å². The van der Waals surface area contributed by atoms with Gasteiger partial charge in [0, 0.05) is 6.61 Å². The van der Waals surface area contributed by atoms with Crippen LogP contribution in [0.3, 0.4) is 0 Å². The third-order valence-electron chi connectivity index (χ3n) is 5.38. The minimum Gasteiger partial charge on any atom is -0.460 e. The Morgan fingerprint density at radius 2 is 1.65 bits per heavy atom. The summed E-state index contributed by atoms with van der Waals surface area (Å²) in [4.78, 5) is 12.5. The Hall–Kier alpha value is -1.35. The fourth-order valence-corrected chi connectivity index (χ4v) is 3.68. The quantitative estimate of drug-likeness (QED) is 0.858. The topological polar surface area (TPSA) is 46.5 Å². The lowest BCUT2D eigenvalue weighted by atomic mass is 9.54. The molecule has 2 bridgehead atoms. The number of rotatable bonds is 4. The molecule has 3 saturated carbocycles. The number of esters is 1. The van der Waals surface area contributed by atoms with Gasteiger partial charge < -0.3 is 9.84 Å². The molecule has 1 aromatic rings. The largest absolute Gasteiger partial charge is 0.460 e. The molecular formula is C17H22O3. The predicted octanol–water partition coefficient (Wildman–Crippen LogP) is 3.06. The Morgan fingerprint density at radius 1 is 1.05 bits per heavy atom. The van der Waals surface area contributed by atoms with E-state index in [1.165, 1.54) is 0 Å². The van der Waals surface area contributed by atoms with Crippen molar-refractivity contribution >= 4 is 5.97 Å². The zero-order valence-electron chi connectivity index (χ0n) is 11.8. The number of aliphatic hydroxyl groups is 1. The first-order valence-electron chi connectivity index (χ1n) is 7.50. The molecule has 3 fully saturated rings. The van der Waals surface area contributed by atoms with E-state index in [0.717, 1.165) is 44.1 Å². The van der Waals surface area contributed by atoms with Crippen molar-refractivity contribution in [1.29, 1.82) is 0 Å². The lowest BCUT2D eigenvalue weighted by Gasteiger charge is -2.51. The van der Waals surface area contributed by atoms with E-state index in [-0.39, 0.29) is 23.4 Å². The lowest BCUT2D eigenvalue weighted by molar-refractivity contribution is -0.168. The van der Waals surface area contributed by atoms with Crippen LogP contribution < -0.4 is 0 Å². The van der Waals surface area contributed by atoms with E-state index in [9.17, 15) is 9.90 Å². The number of hydrogen-bond donors (Lipinski definition) is 1. The van der Waals surface area contributed by atoms with Crippen LogP contribution in [0.4, 0.5) is 0 Å². The summed E-state index contributed by atoms with van der Waals surface area (Å²) in [6.07, 6.45) is 5.52. The van der Waals surface area contributed by atoms with E-state index in [4.69, 9.17) is 4.74 Å². The molecule has 0 saturated heterocycles. The molecule has 0 heterocycles. The van der Waals surface area contributed by atoms with Crippen molar-refractivity contribution in [1.82, 2.24) is 0 Å². The van der Waals surface area contributed by atoms with Gasteiger partial charge in [0.1, 0.15) is 6.61 Å². The minimum atomic E-state index is -0.272. The first kappa shape index (κ1) is 13.6. The molecular weight excluding hydrogens is 252 g/mol. The molecule has 0 amide bonds. The average molecular weight is 274 g/mol. The minimum absolute atomic E-state index is 0.0346. The molecule has 1 aromatic carbocycles. The van der Waals surface area contributed by atoms with E-state index >= 15 is 0 Å². The van der Waals surface area contributed by atoms with Gasteiger partial charge in [0.25, 0.3) is 0 Å². The number of carbonyl (C=O) groups excluding carboxylic acids is 1. The number of hydrogen-bond acceptors (Lipinski definition) is 3. The first-order chi connectivity index (χ1) is 9.68. The number of ether oxygens (including phenoxy) is 1. The second kappa shape index (κ2) is 5.21. The molecule has 3 nitrogen and oxygen atoms in total. The molecule has 3 aliphatic carbocycles. The first-order valence-corrected chi connectivity index (χ1v) is 7.50. The Morgan fingerprint density at radius 3 is 2.20 bits per heavy atom. The molecule has 0 unspecified atom stereocenters. The Bertz CT molecular complexity index is 456. The lowest BCUT2D eigenvalue weighted by Crippen LogP contribution is -2.47. The van der Waals surface area contributed by atoms with Gasteiger partial charge >= 0.3 is 5.97 Å². The molecule has 3 heteroatoms. The maximum Gasteiger partial charge on any atom is 0.312 e. The summed E-state index contributed by atoms with van der Waals surface area (Å²) in [5.74, 6) is -0.0346. The van der Waals surface area contributed by atoms with Crippen molar-refractivity contribution in [3.05, 3.63) is 35.9 Å². The van der Waals surface area contributed by atoms with E-state index in [1.807, 2.05) is 30.3 Å². The molecule has 0 aromatic heterocycles. The molecule has 0 aliphatic heterocycles. The number of aliphatic hydroxyl groups excluding tert-OH is 1. The highest BCUT2D eigenvalue weighted by Gasteiger charge is 2.52. The summed E-state index contributed by atoms with van der Waals surface area (Å²) in [5.41, 5.74) is 0.862. The van der Waals surface area contributed by atoms with Crippen LogP contribution in [-0.2, 0) is 16.1 Å². The highest BCUT2D eigenvalue weighted by atomic mass is 16.5. The molecule has 0 atom stereocenters. The summed E-state index contributed by atoms with van der Waals surface area (Å²) in [6, 6.07) is 9.82. The monoisotopic (exact) mass is 274 g/mol. The number of fused-ring (bicyclic) bond motifs is 3. The van der Waals surface area contributed by atoms with E-state index < -0.39 is 0 Å². The van der Waals surface area contributed by atoms with Crippen molar-refractivity contribution < 1.29 is 14.6 Å². The molecule has 108 valence electrons. The standard InChI is InChI=1S/C17H22O3/c18-13-16-6-9-17(10-7-16,11-8-16)15(19)20-12-14-4-2-1-3-5-14/h1-5,18H,6-13H2. The van der Waals surface area contributed by atoms with Crippen LogP contribution in [0.5, 0.6) is 0 Å². The zero-order valence-corrected chi connectivity index (χ0v) is 11.8. The smallest absolute Gasteiger partial charge is 0.312 e. The van der Waals surface area contributed by atoms with Crippen LogP contribution in [0.15, 0.2) is 30.3 Å². The Kier molecular flexibility index (Phi) is 3.55. The van der Waals surface area contributed by atoms with Crippen LogP contribution in [0.2, 0.25) is 0 Å². The summed E-state index contributed by atoms with van der Waals surface area (Å²) >= 11 is 0. The van der Waals surface area contributed by atoms with Crippen molar-refractivity contribution in [2.24, 2.45) is 10.8 Å².